The van der Waals surface area contributed by atoms with Crippen LogP contribution in [-0.2, 0) is 9.59 Å². The van der Waals surface area contributed by atoms with E-state index >= 15 is 0 Å². The van der Waals surface area contributed by atoms with Gasteiger partial charge in [-0.15, -0.1) is 0 Å². The Morgan fingerprint density at radius 3 is 2.69 bits per heavy atom. The Bertz CT molecular complexity index is 581. The van der Waals surface area contributed by atoms with Crippen molar-refractivity contribution in [2.75, 3.05) is 0 Å². The Kier molecular flexibility index (Phi) is 11.0. The number of carbonyl (C=O) groups excluding carboxylic acids is 1. The van der Waals surface area contributed by atoms with Gasteiger partial charge in [0.15, 0.2) is 5.78 Å². The third kappa shape index (κ3) is 9.33. The van der Waals surface area contributed by atoms with E-state index in [1.165, 1.54) is 0 Å². The van der Waals surface area contributed by atoms with E-state index in [0.717, 1.165) is 12.8 Å². The highest BCUT2D eigenvalue weighted by atomic mass is 16.4. The Morgan fingerprint density at radius 1 is 1.19 bits per heavy atom. The molecule has 0 saturated carbocycles. The maximum Gasteiger partial charge on any atom is 0.303 e. The quantitative estimate of drug-likeness (QED) is 0.507. The van der Waals surface area contributed by atoms with Crippen molar-refractivity contribution in [3.63, 3.8) is 0 Å². The van der Waals surface area contributed by atoms with Crippen molar-refractivity contribution in [2.24, 2.45) is 11.8 Å². The zero-order valence-electron chi connectivity index (χ0n) is 15.5. The Hall–Kier alpha value is -2.20. The van der Waals surface area contributed by atoms with Crippen LogP contribution in [0, 0.1) is 11.8 Å². The lowest BCUT2D eigenvalue weighted by atomic mass is 9.90. The van der Waals surface area contributed by atoms with Crippen LogP contribution < -0.4 is 0 Å². The minimum Gasteiger partial charge on any atom is -0.481 e. The van der Waals surface area contributed by atoms with E-state index < -0.39 is 12.1 Å². The first kappa shape index (κ1) is 21.8. The Labute approximate surface area is 156 Å². The number of carboxylic acid groups (broad SMARTS) is 1. The van der Waals surface area contributed by atoms with Crippen LogP contribution in [0.1, 0.15) is 45.4 Å². The van der Waals surface area contributed by atoms with Gasteiger partial charge in [0.1, 0.15) is 0 Å². The third-order valence-corrected chi connectivity index (χ3v) is 4.17. The second kappa shape index (κ2) is 13.1. The molecule has 1 rings (SSSR count). The van der Waals surface area contributed by atoms with Crippen LogP contribution in [0.5, 0.6) is 0 Å². The van der Waals surface area contributed by atoms with E-state index in [-0.39, 0.29) is 24.0 Å². The van der Waals surface area contributed by atoms with Crippen LogP contribution >= 0.6 is 0 Å². The van der Waals surface area contributed by atoms with E-state index in [0.29, 0.717) is 19.3 Å². The lowest BCUT2D eigenvalue weighted by Crippen LogP contribution is -2.14. The number of hydrogen-bond donors (Lipinski definition) is 2. The average molecular weight is 358 g/mol. The summed E-state index contributed by atoms with van der Waals surface area (Å²) in [7, 11) is 0. The monoisotopic (exact) mass is 358 g/mol. The summed E-state index contributed by atoms with van der Waals surface area (Å²) >= 11 is 0. The molecule has 4 heteroatoms. The predicted octanol–water partition coefficient (Wildman–Crippen LogP) is 4.39. The molecule has 1 aliphatic carbocycles. The van der Waals surface area contributed by atoms with Crippen LogP contribution in [0.3, 0.4) is 0 Å². The molecule has 1 aliphatic rings. The molecule has 0 aromatic heterocycles. The van der Waals surface area contributed by atoms with Gasteiger partial charge in [0.05, 0.1) is 6.10 Å². The van der Waals surface area contributed by atoms with Gasteiger partial charge < -0.3 is 10.2 Å². The molecule has 0 unspecified atom stereocenters. The molecular weight excluding hydrogens is 328 g/mol. The van der Waals surface area contributed by atoms with Crippen molar-refractivity contribution in [2.45, 2.75) is 51.6 Å². The van der Waals surface area contributed by atoms with Gasteiger partial charge in [0.25, 0.3) is 0 Å². The first-order chi connectivity index (χ1) is 12.5. The van der Waals surface area contributed by atoms with E-state index in [9.17, 15) is 14.7 Å². The smallest absolute Gasteiger partial charge is 0.303 e. The topological polar surface area (TPSA) is 74.6 Å². The molecule has 0 fully saturated rings. The van der Waals surface area contributed by atoms with E-state index in [1.807, 2.05) is 36.5 Å². The minimum atomic E-state index is -0.821. The lowest BCUT2D eigenvalue weighted by Gasteiger charge is -2.13. The molecule has 0 aromatic rings. The largest absolute Gasteiger partial charge is 0.481 e. The number of carboxylic acids is 1. The van der Waals surface area contributed by atoms with Gasteiger partial charge in [0, 0.05) is 18.3 Å². The molecule has 4 nitrogen and oxygen atoms in total. The first-order valence-electron chi connectivity index (χ1n) is 9.29. The summed E-state index contributed by atoms with van der Waals surface area (Å²) < 4.78 is 0. The van der Waals surface area contributed by atoms with E-state index in [4.69, 9.17) is 5.11 Å². The average Bonchev–Trinajstić information content (AvgIpc) is 2.95. The molecule has 0 amide bonds. The molecular formula is C22H30O4. The van der Waals surface area contributed by atoms with Crippen LogP contribution in [0.2, 0.25) is 0 Å². The fourth-order valence-electron chi connectivity index (χ4n) is 2.70. The number of carbonyl (C=O) groups is 2. The van der Waals surface area contributed by atoms with Crippen molar-refractivity contribution < 1.29 is 19.8 Å². The molecule has 3 atom stereocenters. The van der Waals surface area contributed by atoms with Gasteiger partial charge in [-0.2, -0.15) is 0 Å². The van der Waals surface area contributed by atoms with Gasteiger partial charge in [-0.05, 0) is 38.2 Å². The summed E-state index contributed by atoms with van der Waals surface area (Å²) in [5.74, 6) is -0.912. The fraction of sp³-hybridized carbons (Fsp3) is 0.455. The molecule has 0 spiro atoms. The number of aliphatic hydroxyl groups excluding tert-OH is 1. The maximum absolute atomic E-state index is 12.0. The second-order valence-electron chi connectivity index (χ2n) is 6.36. The summed E-state index contributed by atoms with van der Waals surface area (Å²) in [6, 6.07) is 0. The zero-order chi connectivity index (χ0) is 19.2. The van der Waals surface area contributed by atoms with Crippen molar-refractivity contribution in [1.29, 1.82) is 0 Å². The van der Waals surface area contributed by atoms with Gasteiger partial charge in [-0.1, -0.05) is 61.6 Å². The van der Waals surface area contributed by atoms with E-state index in [1.54, 1.807) is 12.2 Å². The predicted molar refractivity (Wildman–Crippen MR) is 105 cm³/mol. The van der Waals surface area contributed by atoms with Crippen molar-refractivity contribution in [3.05, 3.63) is 60.8 Å². The Morgan fingerprint density at radius 2 is 1.96 bits per heavy atom. The normalized spacial score (nSPS) is 21.8. The summed E-state index contributed by atoms with van der Waals surface area (Å²) in [5, 5.41) is 18.6. The fourth-order valence-corrected chi connectivity index (χ4v) is 2.70. The molecule has 0 bridgehead atoms. The highest BCUT2D eigenvalue weighted by Crippen LogP contribution is 2.27. The van der Waals surface area contributed by atoms with Gasteiger partial charge in [0.2, 0.25) is 0 Å². The number of aliphatic hydroxyl groups is 1. The SMILES string of the molecule is CC/C=C\C/C=C\C[C@H](O)/C=C/[C@H]1C=CC(=O)[C@H]1C/C=C\CCC(=O)O. The molecule has 0 aromatic carbocycles. The number of hydrogen-bond acceptors (Lipinski definition) is 3. The molecule has 0 heterocycles. The number of ketones is 1. The summed E-state index contributed by atoms with van der Waals surface area (Å²) in [6.45, 7) is 2.09. The summed E-state index contributed by atoms with van der Waals surface area (Å²) in [4.78, 5) is 22.4. The number of aliphatic carboxylic acids is 1. The van der Waals surface area contributed by atoms with Gasteiger partial charge >= 0.3 is 5.97 Å². The standard InChI is InChI=1S/C22H30O4/c1-2-3-4-5-6-8-11-19(23)16-14-18-15-17-21(24)20(18)12-9-7-10-13-22(25)26/h3-4,6-9,14-20,23H,2,5,10-13H2,1H3,(H,25,26)/b4-3-,8-6-,9-7-,16-14+/t18-,19-,20-/m0/s1. The van der Waals surface area contributed by atoms with Crippen LogP contribution in [0.15, 0.2) is 60.8 Å². The highest BCUT2D eigenvalue weighted by molar-refractivity contribution is 5.95. The number of rotatable bonds is 12. The molecule has 0 radical (unpaired) electrons. The lowest BCUT2D eigenvalue weighted by molar-refractivity contribution is -0.136. The molecule has 0 saturated heterocycles. The van der Waals surface area contributed by atoms with Crippen LogP contribution in [-0.4, -0.2) is 28.1 Å². The van der Waals surface area contributed by atoms with Crippen molar-refractivity contribution >= 4 is 11.8 Å². The summed E-state index contributed by atoms with van der Waals surface area (Å²) in [6.07, 6.45) is 22.1. The van der Waals surface area contributed by atoms with Crippen molar-refractivity contribution in [1.82, 2.24) is 0 Å². The van der Waals surface area contributed by atoms with Gasteiger partial charge in [-0.25, -0.2) is 0 Å². The van der Waals surface area contributed by atoms with Crippen LogP contribution in [0.25, 0.3) is 0 Å². The maximum atomic E-state index is 12.0. The molecule has 0 aliphatic heterocycles. The Balaban J connectivity index is 2.41. The molecule has 26 heavy (non-hydrogen) atoms. The minimum absolute atomic E-state index is 0.0160. The summed E-state index contributed by atoms with van der Waals surface area (Å²) in [5.41, 5.74) is 0. The van der Waals surface area contributed by atoms with E-state index in [2.05, 4.69) is 19.1 Å². The molecule has 2 N–H and O–H groups in total. The zero-order valence-corrected chi connectivity index (χ0v) is 15.5. The molecule has 142 valence electrons. The first-order valence-corrected chi connectivity index (χ1v) is 9.29. The number of allylic oxidation sites excluding steroid dienone is 8. The highest BCUT2D eigenvalue weighted by Gasteiger charge is 2.27. The second-order valence-corrected chi connectivity index (χ2v) is 6.36. The van der Waals surface area contributed by atoms with Gasteiger partial charge in [-0.3, -0.25) is 9.59 Å². The van der Waals surface area contributed by atoms with Crippen LogP contribution in [0.4, 0.5) is 0 Å². The third-order valence-electron chi connectivity index (χ3n) is 4.17. The van der Waals surface area contributed by atoms with Crippen molar-refractivity contribution in [3.8, 4) is 0 Å².